The second kappa shape index (κ2) is 45.0. The summed E-state index contributed by atoms with van der Waals surface area (Å²) >= 11 is 0. The fraction of sp³-hybridized carbons (Fsp3) is 0.878. The van der Waals surface area contributed by atoms with Crippen molar-refractivity contribution in [2.24, 2.45) is 0 Å². The van der Waals surface area contributed by atoms with Crippen molar-refractivity contribution in [2.75, 3.05) is 13.2 Å². The van der Waals surface area contributed by atoms with Gasteiger partial charge in [0.25, 0.3) is 0 Å². The molecule has 0 fully saturated rings. The summed E-state index contributed by atoms with van der Waals surface area (Å²) in [6.07, 6.45) is 51.4. The van der Waals surface area contributed by atoms with Crippen LogP contribution in [0, 0.1) is 0 Å². The summed E-state index contributed by atoms with van der Waals surface area (Å²) in [6, 6.07) is -0.551. The SMILES string of the molecule is CCCCCCCCCCCCCC(=O)OCCCCC/C=C\C/C=C\CCCCCCCCCC(=O)NC(CO)C(O)CCCCCCCCCCCC. The molecule has 0 heterocycles. The molecule has 6 heteroatoms. The summed E-state index contributed by atoms with van der Waals surface area (Å²) in [7, 11) is 0. The molecule has 2 atom stereocenters. The predicted molar refractivity (Wildman–Crippen MR) is 236 cm³/mol. The number of ether oxygens (including phenoxy) is 1. The number of allylic oxidation sites excluding steroid dienone is 4. The van der Waals surface area contributed by atoms with Crippen LogP contribution in [-0.4, -0.2) is 47.4 Å². The monoisotopic (exact) mass is 776 g/mol. The van der Waals surface area contributed by atoms with Crippen molar-refractivity contribution >= 4 is 11.9 Å². The molecule has 0 rings (SSSR count). The Morgan fingerprint density at radius 2 is 0.909 bits per heavy atom. The Bertz CT molecular complexity index is 858. The van der Waals surface area contributed by atoms with Crippen LogP contribution in [0.1, 0.15) is 251 Å². The van der Waals surface area contributed by atoms with E-state index in [4.69, 9.17) is 4.74 Å². The number of aliphatic hydroxyl groups is 2. The number of nitrogens with one attached hydrogen (secondary N) is 1. The van der Waals surface area contributed by atoms with Crippen LogP contribution < -0.4 is 5.32 Å². The van der Waals surface area contributed by atoms with Crippen LogP contribution in [0.4, 0.5) is 0 Å². The lowest BCUT2D eigenvalue weighted by atomic mass is 10.0. The van der Waals surface area contributed by atoms with Gasteiger partial charge in [-0.1, -0.05) is 199 Å². The van der Waals surface area contributed by atoms with Crippen molar-refractivity contribution in [1.82, 2.24) is 5.32 Å². The first-order valence-corrected chi connectivity index (χ1v) is 24.1. The number of amides is 1. The Kier molecular flexibility index (Phi) is 43.7. The van der Waals surface area contributed by atoms with E-state index in [0.29, 0.717) is 25.9 Å². The Labute approximate surface area is 341 Å². The molecule has 0 aliphatic heterocycles. The maximum absolute atomic E-state index is 12.4. The van der Waals surface area contributed by atoms with Crippen molar-refractivity contribution < 1.29 is 24.5 Å². The van der Waals surface area contributed by atoms with E-state index in [0.717, 1.165) is 83.5 Å². The fourth-order valence-corrected chi connectivity index (χ4v) is 7.26. The number of esters is 1. The number of hydrogen-bond acceptors (Lipinski definition) is 5. The first kappa shape index (κ1) is 53.3. The average Bonchev–Trinajstić information content (AvgIpc) is 3.18. The third kappa shape index (κ3) is 41.8. The molecule has 0 saturated carbocycles. The van der Waals surface area contributed by atoms with Crippen LogP contribution in [0.15, 0.2) is 24.3 Å². The van der Waals surface area contributed by atoms with Crippen LogP contribution in [-0.2, 0) is 14.3 Å². The highest BCUT2D eigenvalue weighted by molar-refractivity contribution is 5.76. The smallest absolute Gasteiger partial charge is 0.305 e. The highest BCUT2D eigenvalue weighted by Gasteiger charge is 2.20. The van der Waals surface area contributed by atoms with Gasteiger partial charge in [-0.3, -0.25) is 9.59 Å². The quantitative estimate of drug-likeness (QED) is 0.0325. The number of carbonyl (C=O) groups excluding carboxylic acids is 2. The second-order valence-corrected chi connectivity index (χ2v) is 16.4. The summed E-state index contributed by atoms with van der Waals surface area (Å²) in [5.41, 5.74) is 0. The molecule has 1 amide bonds. The topological polar surface area (TPSA) is 95.9 Å². The first-order valence-electron chi connectivity index (χ1n) is 24.1. The summed E-state index contributed by atoms with van der Waals surface area (Å²) in [6.45, 7) is 4.88. The maximum Gasteiger partial charge on any atom is 0.305 e. The molecule has 0 aliphatic rings. The second-order valence-electron chi connectivity index (χ2n) is 16.4. The lowest BCUT2D eigenvalue weighted by Crippen LogP contribution is -2.45. The molecule has 0 spiro atoms. The molecule has 6 nitrogen and oxygen atoms in total. The standard InChI is InChI=1S/C49H93NO5/c1-3-5-7-9-11-13-22-27-31-35-39-43-49(54)55-44-40-36-32-28-24-21-19-17-15-16-18-20-23-26-30-34-38-42-48(53)50-46(45-51)47(52)41-37-33-29-25-14-12-10-8-6-4-2/h15,17,21,24,46-47,51-52H,3-14,16,18-20,22-23,25-45H2,1-2H3,(H,50,53)/b17-15-,24-21-. The Morgan fingerprint density at radius 1 is 0.509 bits per heavy atom. The molecule has 0 radical (unpaired) electrons. The molecule has 0 saturated heterocycles. The third-order valence-corrected chi connectivity index (χ3v) is 11.0. The van der Waals surface area contributed by atoms with E-state index >= 15 is 0 Å². The minimum Gasteiger partial charge on any atom is -0.466 e. The maximum atomic E-state index is 12.4. The van der Waals surface area contributed by atoms with Crippen molar-refractivity contribution in [3.05, 3.63) is 24.3 Å². The lowest BCUT2D eigenvalue weighted by molar-refractivity contribution is -0.143. The van der Waals surface area contributed by atoms with Gasteiger partial charge in [0, 0.05) is 12.8 Å². The molecule has 0 aliphatic carbocycles. The van der Waals surface area contributed by atoms with Gasteiger partial charge >= 0.3 is 5.97 Å². The van der Waals surface area contributed by atoms with Crippen molar-refractivity contribution in [3.8, 4) is 0 Å². The number of rotatable bonds is 44. The largest absolute Gasteiger partial charge is 0.466 e. The van der Waals surface area contributed by atoms with Crippen molar-refractivity contribution in [1.29, 1.82) is 0 Å². The molecular weight excluding hydrogens is 683 g/mol. The van der Waals surface area contributed by atoms with E-state index in [1.165, 1.54) is 135 Å². The van der Waals surface area contributed by atoms with Gasteiger partial charge in [0.2, 0.25) is 5.91 Å². The number of carbonyl (C=O) groups is 2. The van der Waals surface area contributed by atoms with Gasteiger partial charge in [-0.05, 0) is 64.2 Å². The summed E-state index contributed by atoms with van der Waals surface area (Å²) in [5.74, 6) is -0.0699. The van der Waals surface area contributed by atoms with E-state index in [2.05, 4.69) is 43.5 Å². The highest BCUT2D eigenvalue weighted by Crippen LogP contribution is 2.15. The third-order valence-electron chi connectivity index (χ3n) is 11.0. The van der Waals surface area contributed by atoms with E-state index in [1.54, 1.807) is 0 Å². The predicted octanol–water partition coefficient (Wildman–Crippen LogP) is 14.0. The van der Waals surface area contributed by atoms with Crippen LogP contribution in [0.3, 0.4) is 0 Å². The van der Waals surface area contributed by atoms with Crippen LogP contribution in [0.2, 0.25) is 0 Å². The number of hydrogen-bond donors (Lipinski definition) is 3. The molecular formula is C49H93NO5. The Balaban J connectivity index is 3.50. The van der Waals surface area contributed by atoms with Crippen molar-refractivity contribution in [3.63, 3.8) is 0 Å². The van der Waals surface area contributed by atoms with Crippen LogP contribution in [0.25, 0.3) is 0 Å². The first-order chi connectivity index (χ1) is 27.0. The molecule has 324 valence electrons. The normalized spacial score (nSPS) is 12.9. The van der Waals surface area contributed by atoms with Gasteiger partial charge in [0.05, 0.1) is 25.4 Å². The number of aliphatic hydroxyl groups excluding tert-OH is 2. The van der Waals surface area contributed by atoms with Gasteiger partial charge in [-0.2, -0.15) is 0 Å². The van der Waals surface area contributed by atoms with Crippen LogP contribution in [0.5, 0.6) is 0 Å². The van der Waals surface area contributed by atoms with Gasteiger partial charge < -0.3 is 20.3 Å². The van der Waals surface area contributed by atoms with E-state index in [-0.39, 0.29) is 18.5 Å². The molecule has 3 N–H and O–H groups in total. The average molecular weight is 776 g/mol. The zero-order valence-corrected chi connectivity index (χ0v) is 36.7. The van der Waals surface area contributed by atoms with Gasteiger partial charge in [0.1, 0.15) is 0 Å². The molecule has 0 aromatic carbocycles. The van der Waals surface area contributed by atoms with Gasteiger partial charge in [0.15, 0.2) is 0 Å². The molecule has 55 heavy (non-hydrogen) atoms. The molecule has 0 aromatic rings. The Hall–Kier alpha value is -1.66. The number of unbranched alkanes of at least 4 members (excludes halogenated alkanes) is 29. The van der Waals surface area contributed by atoms with Crippen molar-refractivity contribution in [2.45, 2.75) is 264 Å². The molecule has 2 unspecified atom stereocenters. The zero-order valence-electron chi connectivity index (χ0n) is 36.7. The molecule has 0 aromatic heterocycles. The van der Waals surface area contributed by atoms with Crippen LogP contribution >= 0.6 is 0 Å². The van der Waals surface area contributed by atoms with E-state index < -0.39 is 12.1 Å². The Morgan fingerprint density at radius 3 is 1.38 bits per heavy atom. The molecule has 0 bridgehead atoms. The summed E-state index contributed by atoms with van der Waals surface area (Å²) in [5, 5.41) is 23.1. The lowest BCUT2D eigenvalue weighted by Gasteiger charge is -2.22. The van der Waals surface area contributed by atoms with Gasteiger partial charge in [-0.25, -0.2) is 0 Å². The van der Waals surface area contributed by atoms with Gasteiger partial charge in [-0.15, -0.1) is 0 Å². The fourth-order valence-electron chi connectivity index (χ4n) is 7.26. The zero-order chi connectivity index (χ0) is 40.1. The minimum atomic E-state index is -0.672. The van der Waals surface area contributed by atoms with E-state index in [9.17, 15) is 19.8 Å². The van der Waals surface area contributed by atoms with E-state index in [1.807, 2.05) is 0 Å². The summed E-state index contributed by atoms with van der Waals surface area (Å²) in [4.78, 5) is 24.3. The summed E-state index contributed by atoms with van der Waals surface area (Å²) < 4.78 is 5.42. The highest BCUT2D eigenvalue weighted by atomic mass is 16.5. The minimum absolute atomic E-state index is 0.0164.